The van der Waals surface area contributed by atoms with Gasteiger partial charge in [0.1, 0.15) is 21.4 Å². The molecule has 136 valence electrons. The fraction of sp³-hybridized carbons (Fsp3) is 0.263. The summed E-state index contributed by atoms with van der Waals surface area (Å²) in [7, 11) is 1.64. The minimum Gasteiger partial charge on any atom is -0.497 e. The Morgan fingerprint density at radius 2 is 1.96 bits per heavy atom. The number of ether oxygens (including phenoxy) is 1. The number of aromatic nitrogens is 4. The van der Waals surface area contributed by atoms with E-state index in [4.69, 9.17) is 9.15 Å². The molecule has 8 heteroatoms. The lowest BCUT2D eigenvalue weighted by Crippen LogP contribution is -1.92. The molecule has 1 aromatic carbocycles. The van der Waals surface area contributed by atoms with Crippen LogP contribution in [0.2, 0.25) is 0 Å². The lowest BCUT2D eigenvalue weighted by molar-refractivity contribution is 0.414. The lowest BCUT2D eigenvalue weighted by Gasteiger charge is -2.03. The highest BCUT2D eigenvalue weighted by Gasteiger charge is 2.23. The third kappa shape index (κ3) is 2.98. The van der Waals surface area contributed by atoms with Gasteiger partial charge in [-0.05, 0) is 67.8 Å². The molecule has 4 aromatic rings. The van der Waals surface area contributed by atoms with E-state index in [1.165, 1.54) is 28.6 Å². The minimum atomic E-state index is 0.484. The molecule has 0 N–H and O–H groups in total. The molecule has 0 spiro atoms. The van der Waals surface area contributed by atoms with E-state index < -0.39 is 0 Å². The van der Waals surface area contributed by atoms with Gasteiger partial charge in [0.25, 0.3) is 5.22 Å². The summed E-state index contributed by atoms with van der Waals surface area (Å²) in [5, 5.41) is 10.9. The van der Waals surface area contributed by atoms with Gasteiger partial charge in [-0.1, -0.05) is 0 Å². The zero-order valence-corrected chi connectivity index (χ0v) is 16.5. The van der Waals surface area contributed by atoms with E-state index in [0.717, 1.165) is 45.2 Å². The average molecular weight is 396 g/mol. The van der Waals surface area contributed by atoms with E-state index in [-0.39, 0.29) is 0 Å². The van der Waals surface area contributed by atoms with Crippen molar-refractivity contribution in [2.75, 3.05) is 7.11 Å². The van der Waals surface area contributed by atoms with E-state index in [0.29, 0.717) is 11.1 Å². The number of thiophene rings is 1. The van der Waals surface area contributed by atoms with Crippen LogP contribution in [0.5, 0.6) is 5.75 Å². The van der Waals surface area contributed by atoms with Crippen LogP contribution in [0.15, 0.2) is 38.9 Å². The number of hydrogen-bond donors (Lipinski definition) is 0. The zero-order chi connectivity index (χ0) is 18.4. The maximum Gasteiger partial charge on any atom is 0.283 e. The van der Waals surface area contributed by atoms with Gasteiger partial charge < -0.3 is 9.15 Å². The van der Waals surface area contributed by atoms with Crippen molar-refractivity contribution in [2.24, 2.45) is 0 Å². The molecule has 0 radical (unpaired) electrons. The average Bonchev–Trinajstić information content (AvgIpc) is 3.37. The van der Waals surface area contributed by atoms with Gasteiger partial charge in [-0.25, -0.2) is 9.97 Å². The molecule has 0 fully saturated rings. The molecule has 0 unspecified atom stereocenters. The van der Waals surface area contributed by atoms with Crippen molar-refractivity contribution in [3.05, 3.63) is 40.5 Å². The molecule has 3 heterocycles. The number of hydrogen-bond acceptors (Lipinski definition) is 8. The van der Waals surface area contributed by atoms with Crippen LogP contribution in [0.4, 0.5) is 0 Å². The first kappa shape index (κ1) is 16.7. The second kappa shape index (κ2) is 6.61. The quantitative estimate of drug-likeness (QED) is 0.463. The highest BCUT2D eigenvalue weighted by atomic mass is 32.2. The fourth-order valence-corrected chi connectivity index (χ4v) is 5.56. The molecule has 0 bridgehead atoms. The summed E-state index contributed by atoms with van der Waals surface area (Å²) in [5.41, 5.74) is 2.25. The smallest absolute Gasteiger partial charge is 0.283 e. The molecular formula is C19H16N4O2S2. The first-order chi connectivity index (χ1) is 13.2. The van der Waals surface area contributed by atoms with Gasteiger partial charge in [0.15, 0.2) is 0 Å². The van der Waals surface area contributed by atoms with E-state index in [9.17, 15) is 0 Å². The van der Waals surface area contributed by atoms with Gasteiger partial charge in [0.2, 0.25) is 5.89 Å². The first-order valence-electron chi connectivity index (χ1n) is 8.66. The van der Waals surface area contributed by atoms with Crippen LogP contribution in [-0.4, -0.2) is 27.3 Å². The third-order valence-electron chi connectivity index (χ3n) is 4.57. The number of rotatable bonds is 4. The van der Waals surface area contributed by atoms with E-state index in [2.05, 4.69) is 20.2 Å². The van der Waals surface area contributed by atoms with Gasteiger partial charge in [-0.3, -0.25) is 0 Å². The molecule has 0 aliphatic heterocycles. The Labute approximate surface area is 164 Å². The third-order valence-corrected chi connectivity index (χ3v) is 6.58. The van der Waals surface area contributed by atoms with Crippen LogP contribution in [0.1, 0.15) is 22.7 Å². The van der Waals surface area contributed by atoms with Crippen LogP contribution in [0.3, 0.4) is 0 Å². The second-order valence-electron chi connectivity index (χ2n) is 6.32. The summed E-state index contributed by atoms with van der Waals surface area (Å²) in [4.78, 5) is 11.8. The van der Waals surface area contributed by atoms with Crippen molar-refractivity contribution in [3.8, 4) is 17.2 Å². The molecule has 1 aliphatic carbocycles. The first-order valence-corrected chi connectivity index (χ1v) is 10.3. The molecule has 6 nitrogen and oxygen atoms in total. The standard InChI is InChI=1S/C19H16N4O2S2/c1-10-20-17-15(13-4-3-5-14(13)26-17)18(21-10)27-19-23-22-16(25-19)11-6-8-12(24-2)9-7-11/h6-9H,3-5H2,1-2H3. The SMILES string of the molecule is COc1ccc(-c2nnc(Sc3nc(C)nc4sc5c(c34)CCC5)o2)cc1. The number of methoxy groups -OCH3 is 1. The number of aryl methyl sites for hydroxylation is 3. The van der Waals surface area contributed by atoms with E-state index in [1.54, 1.807) is 18.4 Å². The van der Waals surface area contributed by atoms with Crippen LogP contribution in [-0.2, 0) is 12.8 Å². The predicted octanol–water partition coefficient (Wildman–Crippen LogP) is 4.70. The van der Waals surface area contributed by atoms with Gasteiger partial charge in [0, 0.05) is 15.8 Å². The molecule has 0 saturated carbocycles. The molecule has 5 rings (SSSR count). The second-order valence-corrected chi connectivity index (χ2v) is 8.34. The molecule has 0 atom stereocenters. The largest absolute Gasteiger partial charge is 0.497 e. The maximum atomic E-state index is 5.87. The van der Waals surface area contributed by atoms with Crippen molar-refractivity contribution >= 4 is 33.3 Å². The molecule has 27 heavy (non-hydrogen) atoms. The maximum absolute atomic E-state index is 5.87. The zero-order valence-electron chi connectivity index (χ0n) is 14.9. The molecule has 1 aliphatic rings. The predicted molar refractivity (Wildman–Crippen MR) is 105 cm³/mol. The lowest BCUT2D eigenvalue weighted by atomic mass is 10.2. The van der Waals surface area contributed by atoms with E-state index >= 15 is 0 Å². The molecule has 0 saturated heterocycles. The van der Waals surface area contributed by atoms with Crippen molar-refractivity contribution in [3.63, 3.8) is 0 Å². The molecular weight excluding hydrogens is 380 g/mol. The summed E-state index contributed by atoms with van der Waals surface area (Å²) >= 11 is 3.20. The Morgan fingerprint density at radius 1 is 1.11 bits per heavy atom. The monoisotopic (exact) mass is 396 g/mol. The van der Waals surface area contributed by atoms with Gasteiger partial charge in [-0.2, -0.15) is 0 Å². The van der Waals surface area contributed by atoms with Crippen molar-refractivity contribution in [2.45, 2.75) is 36.4 Å². The highest BCUT2D eigenvalue weighted by molar-refractivity contribution is 7.99. The van der Waals surface area contributed by atoms with E-state index in [1.807, 2.05) is 31.2 Å². The Kier molecular flexibility index (Phi) is 4.09. The number of nitrogens with zero attached hydrogens (tertiary/aromatic N) is 4. The highest BCUT2D eigenvalue weighted by Crippen LogP contribution is 2.42. The number of benzene rings is 1. The summed E-state index contributed by atoms with van der Waals surface area (Å²) in [5.74, 6) is 2.04. The van der Waals surface area contributed by atoms with Crippen LogP contribution >= 0.6 is 23.1 Å². The Bertz CT molecular complexity index is 1130. The number of fused-ring (bicyclic) bond motifs is 3. The summed E-state index contributed by atoms with van der Waals surface area (Å²) in [6, 6.07) is 7.55. The van der Waals surface area contributed by atoms with Gasteiger partial charge in [-0.15, -0.1) is 21.5 Å². The van der Waals surface area contributed by atoms with Crippen LogP contribution in [0, 0.1) is 6.92 Å². The summed E-state index contributed by atoms with van der Waals surface area (Å²) in [6.07, 6.45) is 3.44. The topological polar surface area (TPSA) is 73.9 Å². The normalized spacial score (nSPS) is 13.3. The van der Waals surface area contributed by atoms with Crippen LogP contribution in [0.25, 0.3) is 21.7 Å². The molecule has 0 amide bonds. The Hall–Kier alpha value is -2.45. The van der Waals surface area contributed by atoms with Crippen molar-refractivity contribution in [1.82, 2.24) is 20.2 Å². The fourth-order valence-electron chi connectivity index (χ4n) is 3.32. The Balaban J connectivity index is 1.50. The van der Waals surface area contributed by atoms with Crippen molar-refractivity contribution in [1.29, 1.82) is 0 Å². The van der Waals surface area contributed by atoms with Crippen molar-refractivity contribution < 1.29 is 9.15 Å². The molecule has 3 aromatic heterocycles. The van der Waals surface area contributed by atoms with Crippen LogP contribution < -0.4 is 4.74 Å². The minimum absolute atomic E-state index is 0.484. The van der Waals surface area contributed by atoms with Gasteiger partial charge >= 0.3 is 0 Å². The summed E-state index contributed by atoms with van der Waals surface area (Å²) < 4.78 is 11.1. The summed E-state index contributed by atoms with van der Waals surface area (Å²) in [6.45, 7) is 1.92. The Morgan fingerprint density at radius 3 is 2.78 bits per heavy atom. The van der Waals surface area contributed by atoms with Gasteiger partial charge in [0.05, 0.1) is 7.11 Å².